The number of thiophene rings is 1. The zero-order chi connectivity index (χ0) is 14.8. The lowest BCUT2D eigenvalue weighted by Gasteiger charge is -2.44. The Morgan fingerprint density at radius 3 is 2.91 bits per heavy atom. The third-order valence-electron chi connectivity index (χ3n) is 4.88. The highest BCUT2D eigenvalue weighted by atomic mass is 32.1. The first-order valence-electron chi connectivity index (χ1n) is 8.10. The molecule has 0 aromatic carbocycles. The Bertz CT molecular complexity index is 590. The van der Waals surface area contributed by atoms with Gasteiger partial charge >= 0.3 is 0 Å². The van der Waals surface area contributed by atoms with E-state index in [1.165, 1.54) is 42.5 Å². The average Bonchev–Trinajstić information content (AvgIpc) is 3.24. The molecular weight excluding hydrogens is 314 g/mol. The van der Waals surface area contributed by atoms with Crippen molar-refractivity contribution in [3.8, 4) is 5.88 Å². The number of ether oxygens (including phenoxy) is 1. The number of rotatable bonds is 6. The Balaban J connectivity index is 1.34. The Kier molecular flexibility index (Phi) is 4.41. The molecule has 1 atom stereocenters. The molecule has 2 aromatic heterocycles. The van der Waals surface area contributed by atoms with E-state index in [-0.39, 0.29) is 0 Å². The van der Waals surface area contributed by atoms with Crippen molar-refractivity contribution in [2.75, 3.05) is 26.2 Å². The van der Waals surface area contributed by atoms with Gasteiger partial charge in [0.25, 0.3) is 0 Å². The van der Waals surface area contributed by atoms with Gasteiger partial charge in [-0.1, -0.05) is 6.07 Å². The van der Waals surface area contributed by atoms with Gasteiger partial charge in [-0.15, -0.1) is 15.7 Å². The summed E-state index contributed by atoms with van der Waals surface area (Å²) in [6, 6.07) is 4.30. The van der Waals surface area contributed by atoms with Crippen LogP contribution in [-0.4, -0.2) is 39.9 Å². The lowest BCUT2D eigenvalue weighted by Crippen LogP contribution is -2.46. The van der Waals surface area contributed by atoms with Gasteiger partial charge in [0.15, 0.2) is 0 Å². The van der Waals surface area contributed by atoms with Gasteiger partial charge in [-0.3, -0.25) is 0 Å². The first kappa shape index (κ1) is 14.6. The molecule has 6 heteroatoms. The van der Waals surface area contributed by atoms with E-state index in [0.717, 1.165) is 43.5 Å². The smallest absolute Gasteiger partial charge is 0.249 e. The molecule has 0 radical (unpaired) electrons. The summed E-state index contributed by atoms with van der Waals surface area (Å²) in [5, 5.41) is 2.13. The fourth-order valence-electron chi connectivity index (χ4n) is 3.66. The lowest BCUT2D eigenvalue weighted by atomic mass is 9.77. The monoisotopic (exact) mass is 335 g/mol. The summed E-state index contributed by atoms with van der Waals surface area (Å²) >= 11 is 3.12. The number of aromatic nitrogens is 2. The van der Waals surface area contributed by atoms with Crippen molar-refractivity contribution in [2.24, 2.45) is 5.92 Å². The first-order chi connectivity index (χ1) is 10.9. The molecule has 22 heavy (non-hydrogen) atoms. The Morgan fingerprint density at radius 2 is 2.18 bits per heavy atom. The summed E-state index contributed by atoms with van der Waals surface area (Å²) in [4.78, 5) is 3.99. The highest BCUT2D eigenvalue weighted by molar-refractivity contribution is 7.09. The summed E-state index contributed by atoms with van der Waals surface area (Å²) in [6.45, 7) is 4.39. The third-order valence-corrected chi connectivity index (χ3v) is 6.34. The molecule has 118 valence electrons. The SMILES string of the molecule is c1csc(CCCOc2nsnc2C2CN3CCC2CC3)c1. The molecule has 3 aliphatic heterocycles. The summed E-state index contributed by atoms with van der Waals surface area (Å²) in [5.41, 5.74) is 1.12. The van der Waals surface area contributed by atoms with Crippen LogP contribution in [0.5, 0.6) is 5.88 Å². The highest BCUT2D eigenvalue weighted by Gasteiger charge is 2.38. The van der Waals surface area contributed by atoms with Crippen molar-refractivity contribution in [3.63, 3.8) is 0 Å². The molecule has 0 N–H and O–H groups in total. The van der Waals surface area contributed by atoms with Crippen LogP contribution >= 0.6 is 23.1 Å². The molecule has 5 rings (SSSR count). The maximum absolute atomic E-state index is 5.96. The largest absolute Gasteiger partial charge is 0.476 e. The van der Waals surface area contributed by atoms with Crippen molar-refractivity contribution < 1.29 is 4.74 Å². The van der Waals surface area contributed by atoms with Gasteiger partial charge in [0, 0.05) is 17.3 Å². The average molecular weight is 335 g/mol. The van der Waals surface area contributed by atoms with E-state index < -0.39 is 0 Å². The standard InChI is InChI=1S/C16H21N3OS2/c1(3-13-4-2-10-21-13)9-20-16-15(17-22-18-16)14-11-19-7-5-12(14)6-8-19/h2,4,10,12,14H,1,3,5-9,11H2. The summed E-state index contributed by atoms with van der Waals surface area (Å²) < 4.78 is 14.9. The molecule has 0 saturated carbocycles. The van der Waals surface area contributed by atoms with Crippen molar-refractivity contribution in [1.82, 2.24) is 13.6 Å². The van der Waals surface area contributed by atoms with E-state index in [0.29, 0.717) is 5.92 Å². The molecule has 3 aliphatic rings. The second kappa shape index (κ2) is 6.64. The molecule has 0 spiro atoms. The predicted molar refractivity (Wildman–Crippen MR) is 89.9 cm³/mol. The normalized spacial score (nSPS) is 27.2. The topological polar surface area (TPSA) is 38.3 Å². The highest BCUT2D eigenvalue weighted by Crippen LogP contribution is 2.41. The molecule has 1 unspecified atom stereocenters. The van der Waals surface area contributed by atoms with Crippen LogP contribution in [0.1, 0.15) is 35.8 Å². The Morgan fingerprint density at radius 1 is 1.27 bits per heavy atom. The van der Waals surface area contributed by atoms with Crippen LogP contribution < -0.4 is 4.74 Å². The van der Waals surface area contributed by atoms with Crippen molar-refractivity contribution in [3.05, 3.63) is 28.1 Å². The van der Waals surface area contributed by atoms with E-state index in [2.05, 4.69) is 31.2 Å². The van der Waals surface area contributed by atoms with E-state index in [4.69, 9.17) is 4.74 Å². The second-order valence-corrected chi connectivity index (χ2v) is 7.79. The van der Waals surface area contributed by atoms with Crippen LogP contribution in [0.15, 0.2) is 17.5 Å². The van der Waals surface area contributed by atoms with Crippen molar-refractivity contribution >= 4 is 23.1 Å². The number of hydrogen-bond donors (Lipinski definition) is 0. The van der Waals surface area contributed by atoms with Gasteiger partial charge in [0.1, 0.15) is 5.69 Å². The molecule has 4 nitrogen and oxygen atoms in total. The minimum Gasteiger partial charge on any atom is -0.476 e. The number of hydrogen-bond acceptors (Lipinski definition) is 6. The van der Waals surface area contributed by atoms with Crippen LogP contribution in [0.3, 0.4) is 0 Å². The van der Waals surface area contributed by atoms with Crippen LogP contribution in [0.25, 0.3) is 0 Å². The molecule has 5 heterocycles. The molecule has 2 aromatic rings. The minimum absolute atomic E-state index is 0.536. The van der Waals surface area contributed by atoms with Crippen molar-refractivity contribution in [1.29, 1.82) is 0 Å². The molecule has 0 aliphatic carbocycles. The third kappa shape index (κ3) is 3.05. The maximum atomic E-state index is 5.96. The molecule has 0 amide bonds. The maximum Gasteiger partial charge on any atom is 0.249 e. The van der Waals surface area contributed by atoms with E-state index in [1.54, 1.807) is 0 Å². The Hall–Kier alpha value is -0.980. The van der Waals surface area contributed by atoms with Gasteiger partial charge in [0.2, 0.25) is 5.88 Å². The van der Waals surface area contributed by atoms with Gasteiger partial charge in [0.05, 0.1) is 18.3 Å². The first-order valence-corrected chi connectivity index (χ1v) is 9.71. The molecule has 2 bridgehead atoms. The number of fused-ring (bicyclic) bond motifs is 3. The number of aryl methyl sites for hydroxylation is 1. The summed E-state index contributed by atoms with van der Waals surface area (Å²) in [6.07, 6.45) is 4.74. The van der Waals surface area contributed by atoms with Gasteiger partial charge in [-0.05, 0) is 56.1 Å². The summed E-state index contributed by atoms with van der Waals surface area (Å²) in [7, 11) is 0. The van der Waals surface area contributed by atoms with Crippen LogP contribution in [0.2, 0.25) is 0 Å². The molecule has 3 saturated heterocycles. The molecular formula is C16H21N3OS2. The van der Waals surface area contributed by atoms with Crippen LogP contribution in [-0.2, 0) is 6.42 Å². The lowest BCUT2D eigenvalue weighted by molar-refractivity contribution is 0.0840. The zero-order valence-electron chi connectivity index (χ0n) is 12.6. The Labute approximate surface area is 139 Å². The summed E-state index contributed by atoms with van der Waals surface area (Å²) in [5.74, 6) is 2.12. The fourth-order valence-corrected chi connectivity index (χ4v) is 4.97. The van der Waals surface area contributed by atoms with Crippen molar-refractivity contribution in [2.45, 2.75) is 31.6 Å². The van der Waals surface area contributed by atoms with Gasteiger partial charge in [-0.2, -0.15) is 4.37 Å². The number of nitrogens with zero attached hydrogens (tertiary/aromatic N) is 3. The second-order valence-electron chi connectivity index (χ2n) is 6.23. The fraction of sp³-hybridized carbons (Fsp3) is 0.625. The van der Waals surface area contributed by atoms with Crippen LogP contribution in [0, 0.1) is 5.92 Å². The number of piperidine rings is 3. The van der Waals surface area contributed by atoms with Crippen LogP contribution in [0.4, 0.5) is 0 Å². The molecule has 3 fully saturated rings. The van der Waals surface area contributed by atoms with E-state index in [9.17, 15) is 0 Å². The van der Waals surface area contributed by atoms with Gasteiger partial charge in [-0.25, -0.2) is 0 Å². The zero-order valence-corrected chi connectivity index (χ0v) is 14.2. The quantitative estimate of drug-likeness (QED) is 0.758. The predicted octanol–water partition coefficient (Wildman–Crippen LogP) is 3.42. The minimum atomic E-state index is 0.536. The van der Waals surface area contributed by atoms with Gasteiger partial charge < -0.3 is 9.64 Å². The van der Waals surface area contributed by atoms with E-state index >= 15 is 0 Å². The van der Waals surface area contributed by atoms with E-state index in [1.807, 2.05) is 11.3 Å².